The van der Waals surface area contributed by atoms with Crippen LogP contribution in [0, 0.1) is 0 Å². The summed E-state index contributed by atoms with van der Waals surface area (Å²) < 4.78 is 1.12. The highest BCUT2D eigenvalue weighted by atomic mass is 79.9. The Hall–Kier alpha value is -1.66. The van der Waals surface area contributed by atoms with E-state index in [2.05, 4.69) is 53.9 Å². The van der Waals surface area contributed by atoms with Crippen molar-refractivity contribution in [3.8, 4) is 0 Å². The molecule has 3 rings (SSSR count). The molecular formula is C15H17BrN4O. The third kappa shape index (κ3) is 3.71. The number of nitrogens with zero attached hydrogens (tertiary/aromatic N) is 3. The van der Waals surface area contributed by atoms with Crippen LogP contribution in [0.3, 0.4) is 0 Å². The van der Waals surface area contributed by atoms with Crippen molar-refractivity contribution in [3.63, 3.8) is 0 Å². The van der Waals surface area contributed by atoms with Crippen LogP contribution in [0.15, 0.2) is 45.9 Å². The molecule has 0 aliphatic carbocycles. The van der Waals surface area contributed by atoms with Gasteiger partial charge < -0.3 is 9.88 Å². The molecular weight excluding hydrogens is 332 g/mol. The lowest BCUT2D eigenvalue weighted by Gasteiger charge is -2.35. The molecule has 1 aliphatic heterocycles. The molecule has 0 saturated carbocycles. The lowest BCUT2D eigenvalue weighted by molar-refractivity contribution is 0.249. The highest BCUT2D eigenvalue weighted by molar-refractivity contribution is 9.10. The van der Waals surface area contributed by atoms with Gasteiger partial charge in [0.2, 0.25) is 0 Å². The normalized spacial score (nSPS) is 16.1. The van der Waals surface area contributed by atoms with Crippen LogP contribution in [0.25, 0.3) is 0 Å². The topological polar surface area (TPSA) is 52.2 Å². The average molecular weight is 349 g/mol. The van der Waals surface area contributed by atoms with E-state index in [9.17, 15) is 4.79 Å². The zero-order chi connectivity index (χ0) is 14.7. The number of nitrogens with one attached hydrogen (secondary N) is 1. The van der Waals surface area contributed by atoms with Gasteiger partial charge in [0.1, 0.15) is 5.82 Å². The fourth-order valence-electron chi connectivity index (χ4n) is 2.56. The van der Waals surface area contributed by atoms with Crippen molar-refractivity contribution in [2.24, 2.45) is 0 Å². The summed E-state index contributed by atoms with van der Waals surface area (Å²) in [7, 11) is 0. The lowest BCUT2D eigenvalue weighted by atomic mass is 10.2. The molecule has 2 heterocycles. The van der Waals surface area contributed by atoms with Crippen molar-refractivity contribution in [1.82, 2.24) is 14.9 Å². The maximum absolute atomic E-state index is 11.3. The maximum Gasteiger partial charge on any atom is 0.252 e. The number of hydrogen-bond donors (Lipinski definition) is 1. The Morgan fingerprint density at radius 1 is 1.19 bits per heavy atom. The summed E-state index contributed by atoms with van der Waals surface area (Å²) in [5.74, 6) is 0.765. The van der Waals surface area contributed by atoms with Crippen LogP contribution in [0.2, 0.25) is 0 Å². The number of rotatable bonds is 3. The van der Waals surface area contributed by atoms with Crippen molar-refractivity contribution in [2.75, 3.05) is 31.1 Å². The predicted octanol–water partition coefficient (Wildman–Crippen LogP) is 1.85. The van der Waals surface area contributed by atoms with Gasteiger partial charge >= 0.3 is 0 Å². The van der Waals surface area contributed by atoms with Crippen molar-refractivity contribution in [1.29, 1.82) is 0 Å². The fraction of sp³-hybridized carbons (Fsp3) is 0.333. The number of aromatic nitrogens is 2. The number of halogens is 1. The highest BCUT2D eigenvalue weighted by Gasteiger charge is 2.18. The minimum atomic E-state index is -0.100. The standard InChI is InChI=1S/C15H17BrN4O/c16-13-3-1-2-12(8-13)10-19-4-6-20(7-5-19)14-9-15(21)18-11-17-14/h1-3,8-9,11H,4-7,10H2,(H,17,18,21). The van der Waals surface area contributed by atoms with E-state index in [1.807, 2.05) is 6.07 Å². The van der Waals surface area contributed by atoms with E-state index in [-0.39, 0.29) is 5.56 Å². The zero-order valence-electron chi connectivity index (χ0n) is 11.6. The molecule has 1 saturated heterocycles. The number of hydrogen-bond acceptors (Lipinski definition) is 4. The third-order valence-corrected chi connectivity index (χ3v) is 4.15. The summed E-state index contributed by atoms with van der Waals surface area (Å²) in [6, 6.07) is 9.97. The lowest BCUT2D eigenvalue weighted by Crippen LogP contribution is -2.46. The number of aromatic amines is 1. The Balaban J connectivity index is 1.59. The highest BCUT2D eigenvalue weighted by Crippen LogP contribution is 2.16. The molecule has 110 valence electrons. The van der Waals surface area contributed by atoms with E-state index in [4.69, 9.17) is 0 Å². The van der Waals surface area contributed by atoms with Crippen LogP contribution < -0.4 is 10.5 Å². The van der Waals surface area contributed by atoms with Gasteiger partial charge in [0, 0.05) is 43.3 Å². The van der Waals surface area contributed by atoms with Crippen molar-refractivity contribution in [2.45, 2.75) is 6.54 Å². The first kappa shape index (κ1) is 14.3. The number of anilines is 1. The van der Waals surface area contributed by atoms with Crippen molar-refractivity contribution < 1.29 is 0 Å². The quantitative estimate of drug-likeness (QED) is 0.919. The Morgan fingerprint density at radius 2 is 2.00 bits per heavy atom. The molecule has 2 aromatic rings. The molecule has 1 aliphatic rings. The summed E-state index contributed by atoms with van der Waals surface area (Å²) >= 11 is 3.51. The van der Waals surface area contributed by atoms with Crippen LogP contribution >= 0.6 is 15.9 Å². The third-order valence-electron chi connectivity index (χ3n) is 3.66. The van der Waals surface area contributed by atoms with Crippen LogP contribution in [0.5, 0.6) is 0 Å². The van der Waals surface area contributed by atoms with Crippen molar-refractivity contribution >= 4 is 21.7 Å². The van der Waals surface area contributed by atoms with Crippen LogP contribution in [-0.2, 0) is 6.54 Å². The van der Waals surface area contributed by atoms with Gasteiger partial charge in [-0.2, -0.15) is 0 Å². The second-order valence-corrected chi connectivity index (χ2v) is 6.08. The van der Waals surface area contributed by atoms with E-state index < -0.39 is 0 Å². The van der Waals surface area contributed by atoms with Gasteiger partial charge in [0.05, 0.1) is 6.33 Å². The summed E-state index contributed by atoms with van der Waals surface area (Å²) in [5, 5.41) is 0. The monoisotopic (exact) mass is 348 g/mol. The van der Waals surface area contributed by atoms with E-state index in [0.29, 0.717) is 0 Å². The van der Waals surface area contributed by atoms with E-state index >= 15 is 0 Å². The Kier molecular flexibility index (Phi) is 4.36. The largest absolute Gasteiger partial charge is 0.354 e. The second kappa shape index (κ2) is 6.41. The maximum atomic E-state index is 11.3. The van der Waals surface area contributed by atoms with Crippen LogP contribution in [-0.4, -0.2) is 41.0 Å². The first-order valence-corrected chi connectivity index (χ1v) is 7.76. The summed E-state index contributed by atoms with van der Waals surface area (Å²) in [6.45, 7) is 4.69. The van der Waals surface area contributed by atoms with Crippen LogP contribution in [0.1, 0.15) is 5.56 Å². The molecule has 6 heteroatoms. The zero-order valence-corrected chi connectivity index (χ0v) is 13.2. The summed E-state index contributed by atoms with van der Waals surface area (Å²) in [4.78, 5) is 22.7. The average Bonchev–Trinajstić information content (AvgIpc) is 2.48. The van der Waals surface area contributed by atoms with Gasteiger partial charge in [-0.25, -0.2) is 4.98 Å². The Morgan fingerprint density at radius 3 is 2.71 bits per heavy atom. The van der Waals surface area contributed by atoms with E-state index in [1.165, 1.54) is 11.9 Å². The molecule has 1 aromatic heterocycles. The number of benzene rings is 1. The minimum Gasteiger partial charge on any atom is -0.354 e. The smallest absolute Gasteiger partial charge is 0.252 e. The minimum absolute atomic E-state index is 0.100. The van der Waals surface area contributed by atoms with Gasteiger partial charge in [-0.05, 0) is 17.7 Å². The molecule has 0 bridgehead atoms. The van der Waals surface area contributed by atoms with Gasteiger partial charge in [-0.1, -0.05) is 28.1 Å². The molecule has 0 spiro atoms. The predicted molar refractivity (Wildman–Crippen MR) is 86.5 cm³/mol. The van der Waals surface area contributed by atoms with Gasteiger partial charge in [-0.15, -0.1) is 0 Å². The second-order valence-electron chi connectivity index (χ2n) is 5.16. The number of piperazine rings is 1. The van der Waals surface area contributed by atoms with E-state index in [0.717, 1.165) is 43.0 Å². The SMILES string of the molecule is O=c1cc(N2CCN(Cc3cccc(Br)c3)CC2)nc[nH]1. The molecule has 1 N–H and O–H groups in total. The molecule has 1 aromatic carbocycles. The summed E-state index contributed by atoms with van der Waals surface area (Å²) in [6.07, 6.45) is 1.46. The molecule has 0 amide bonds. The van der Waals surface area contributed by atoms with E-state index in [1.54, 1.807) is 6.07 Å². The Bertz CT molecular complexity index is 664. The number of H-pyrrole nitrogens is 1. The van der Waals surface area contributed by atoms with Gasteiger partial charge in [-0.3, -0.25) is 9.69 Å². The van der Waals surface area contributed by atoms with Crippen LogP contribution in [0.4, 0.5) is 5.82 Å². The molecule has 21 heavy (non-hydrogen) atoms. The first-order chi connectivity index (χ1) is 10.2. The molecule has 0 unspecified atom stereocenters. The van der Waals surface area contributed by atoms with Gasteiger partial charge in [0.15, 0.2) is 0 Å². The Labute approximate surface area is 131 Å². The van der Waals surface area contributed by atoms with Gasteiger partial charge in [0.25, 0.3) is 5.56 Å². The molecule has 0 atom stereocenters. The first-order valence-electron chi connectivity index (χ1n) is 6.97. The summed E-state index contributed by atoms with van der Waals surface area (Å²) in [5.41, 5.74) is 1.21. The fourth-order valence-corrected chi connectivity index (χ4v) is 3.01. The molecule has 1 fully saturated rings. The molecule has 0 radical (unpaired) electrons. The molecule has 5 nitrogen and oxygen atoms in total. The van der Waals surface area contributed by atoms with Crippen molar-refractivity contribution in [3.05, 3.63) is 57.0 Å².